The maximum atomic E-state index is 13.6. The predicted octanol–water partition coefficient (Wildman–Crippen LogP) is -9.47. The minimum Gasteiger partial charge on any atom is -0.870 e. The van der Waals surface area contributed by atoms with Gasteiger partial charge in [0.05, 0.1) is 45.8 Å². The zero-order valence-corrected chi connectivity index (χ0v) is 40.0. The SMILES string of the molecule is Nc1c(N=Nc2ccc(CCOS(=O)(=O)[O-])cc2)c(S(=O)(=O)[O-])cc2cc(S(=O)(=O)[O-])c(N=Nc3ccc(CCOS(=O)(=O)O)cc3)c([O-])c12.[Na+].[Na+].[Na+].[Na+]. The van der Waals surface area contributed by atoms with Gasteiger partial charge in [0.1, 0.15) is 25.9 Å². The first-order valence-corrected chi connectivity index (χ1v) is 18.9. The van der Waals surface area contributed by atoms with Crippen LogP contribution in [0.2, 0.25) is 0 Å². The Kier molecular flexibility index (Phi) is 21.8. The van der Waals surface area contributed by atoms with Crippen molar-refractivity contribution >= 4 is 80.2 Å². The molecule has 0 aliphatic carbocycles. The molecule has 4 aromatic carbocycles. The molecule has 0 saturated heterocycles. The van der Waals surface area contributed by atoms with E-state index in [1.54, 1.807) is 0 Å². The molecule has 0 heterocycles. The maximum Gasteiger partial charge on any atom is 1.00 e. The van der Waals surface area contributed by atoms with Crippen molar-refractivity contribution in [3.63, 3.8) is 0 Å². The van der Waals surface area contributed by atoms with E-state index >= 15 is 0 Å². The van der Waals surface area contributed by atoms with Crippen molar-refractivity contribution in [3.05, 3.63) is 71.8 Å². The third kappa shape index (κ3) is 15.7. The Morgan fingerprint density at radius 3 is 1.39 bits per heavy atom. The van der Waals surface area contributed by atoms with Crippen LogP contribution >= 0.6 is 0 Å². The standard InChI is InChI=1S/C26H25N5O15S4.4Na/c27-23-22-17(13-20(47(33,34)35)24(23)30-28-18-5-1-15(2-6-18)9-11-45-49(39,40)41)14-21(48(36,37)38)25(26(22)32)31-29-19-7-3-16(4-8-19)10-12-46-50(42,43)44;;;;/h1-8,13-14,32H,9-12,27H2,(H,33,34,35)(H,36,37,38)(H,39,40,41)(H,42,43,44);;;;/q;4*+1/p-4. The maximum absolute atomic E-state index is 13.6. The van der Waals surface area contributed by atoms with Crippen LogP contribution in [-0.4, -0.2) is 65.1 Å². The molecule has 28 heteroatoms. The number of benzene rings is 4. The van der Waals surface area contributed by atoms with E-state index in [9.17, 15) is 52.4 Å². The summed E-state index contributed by atoms with van der Waals surface area (Å²) in [7, 11) is -20.4. The molecular weight excluding hydrogens is 843 g/mol. The van der Waals surface area contributed by atoms with Crippen molar-refractivity contribution in [1.82, 2.24) is 0 Å². The first kappa shape index (κ1) is 53.5. The first-order valence-electron chi connectivity index (χ1n) is 13.4. The van der Waals surface area contributed by atoms with Crippen molar-refractivity contribution in [1.29, 1.82) is 0 Å². The number of hydrogen-bond acceptors (Lipinski definition) is 19. The molecule has 0 atom stereocenters. The van der Waals surface area contributed by atoms with Crippen LogP contribution in [0.3, 0.4) is 0 Å². The Bertz CT molecular complexity index is 2290. The fourth-order valence-electron chi connectivity index (χ4n) is 4.27. The Hall–Kier alpha value is -0.500. The molecule has 0 aliphatic rings. The van der Waals surface area contributed by atoms with E-state index in [0.717, 1.165) is 0 Å². The molecule has 0 unspecified atom stereocenters. The Balaban J connectivity index is 0.00000702. The second-order valence-electron chi connectivity index (χ2n) is 9.91. The molecule has 20 nitrogen and oxygen atoms in total. The van der Waals surface area contributed by atoms with Crippen LogP contribution in [0.4, 0.5) is 28.4 Å². The van der Waals surface area contributed by atoms with E-state index in [2.05, 4.69) is 28.8 Å². The van der Waals surface area contributed by atoms with E-state index in [4.69, 9.17) is 10.3 Å². The van der Waals surface area contributed by atoms with Gasteiger partial charge in [-0.3, -0.25) is 8.74 Å². The molecular formula is C26H21N5Na4O15S4. The summed E-state index contributed by atoms with van der Waals surface area (Å²) in [6.45, 7) is -0.828. The molecule has 4 aromatic rings. The number of azo groups is 2. The van der Waals surface area contributed by atoms with Crippen LogP contribution in [-0.2, 0) is 62.2 Å². The molecule has 0 fully saturated rings. The number of nitrogens with two attached hydrogens (primary N) is 1. The smallest absolute Gasteiger partial charge is 0.870 e. The van der Waals surface area contributed by atoms with Gasteiger partial charge in [0.25, 0.3) is 0 Å². The molecule has 0 amide bonds. The predicted molar refractivity (Wildman–Crippen MR) is 166 cm³/mol. The molecule has 0 bridgehead atoms. The summed E-state index contributed by atoms with van der Waals surface area (Å²) in [6, 6.07) is 12.3. The van der Waals surface area contributed by atoms with E-state index in [1.165, 1.54) is 48.5 Å². The average Bonchev–Trinajstić information content (AvgIpc) is 2.99. The molecule has 0 radical (unpaired) electrons. The van der Waals surface area contributed by atoms with Gasteiger partial charge in [-0.1, -0.05) is 30.0 Å². The van der Waals surface area contributed by atoms with Gasteiger partial charge in [0, 0.05) is 5.39 Å². The van der Waals surface area contributed by atoms with Crippen LogP contribution < -0.4 is 129 Å². The van der Waals surface area contributed by atoms with Crippen LogP contribution in [0.5, 0.6) is 5.75 Å². The van der Waals surface area contributed by atoms with Gasteiger partial charge in [-0.05, 0) is 65.8 Å². The molecule has 54 heavy (non-hydrogen) atoms. The molecule has 0 aromatic heterocycles. The quantitative estimate of drug-likeness (QED) is 0.0391. The second kappa shape index (κ2) is 22.0. The fraction of sp³-hybridized carbons (Fsp3) is 0.154. The van der Waals surface area contributed by atoms with Gasteiger partial charge in [-0.15, -0.1) is 10.2 Å². The molecule has 0 aliphatic heterocycles. The molecule has 0 saturated carbocycles. The first-order chi connectivity index (χ1) is 23.1. The van der Waals surface area contributed by atoms with E-state index in [0.29, 0.717) is 23.3 Å². The summed E-state index contributed by atoms with van der Waals surface area (Å²) in [5.74, 6) is -1.30. The number of nitrogen functional groups attached to an aromatic ring is 1. The normalized spacial score (nSPS) is 12.1. The zero-order chi connectivity index (χ0) is 37.1. The molecule has 3 N–H and O–H groups in total. The van der Waals surface area contributed by atoms with E-state index in [1.807, 2.05) is 0 Å². The number of nitrogens with zero attached hydrogens (tertiary/aromatic N) is 4. The summed E-state index contributed by atoms with van der Waals surface area (Å²) in [4.78, 5) is -2.32. The zero-order valence-electron chi connectivity index (χ0n) is 28.8. The molecule has 4 rings (SSSR count). The largest absolute Gasteiger partial charge is 1.00 e. The van der Waals surface area contributed by atoms with Gasteiger partial charge >= 0.3 is 129 Å². The van der Waals surface area contributed by atoms with Crippen molar-refractivity contribution in [2.75, 3.05) is 18.9 Å². The Morgan fingerprint density at radius 2 is 1.00 bits per heavy atom. The topological polar surface area (TPSA) is 343 Å². The minimum absolute atomic E-state index is 0. The van der Waals surface area contributed by atoms with Crippen molar-refractivity contribution in [3.8, 4) is 5.75 Å². The molecule has 268 valence electrons. The van der Waals surface area contributed by atoms with Crippen LogP contribution in [0.15, 0.2) is 90.9 Å². The van der Waals surface area contributed by atoms with Gasteiger partial charge < -0.3 is 24.5 Å². The summed E-state index contributed by atoms with van der Waals surface area (Å²) in [5.41, 5.74) is 4.68. The Labute approximate surface area is 398 Å². The monoisotopic (exact) mass is 863 g/mol. The number of hydrogen-bond donors (Lipinski definition) is 2. The summed E-state index contributed by atoms with van der Waals surface area (Å²) < 4.78 is 143. The van der Waals surface area contributed by atoms with Gasteiger partial charge in [0.2, 0.25) is 10.4 Å². The van der Waals surface area contributed by atoms with E-state index in [-0.39, 0.29) is 149 Å². The average molecular weight is 864 g/mol. The summed E-state index contributed by atoms with van der Waals surface area (Å²) in [5, 5.41) is 27.5. The van der Waals surface area contributed by atoms with Gasteiger partial charge in [-0.2, -0.15) is 18.6 Å². The van der Waals surface area contributed by atoms with E-state index < -0.39 is 91.0 Å². The van der Waals surface area contributed by atoms with Crippen molar-refractivity contribution < 1.29 is 184 Å². The minimum atomic E-state index is -5.47. The second-order valence-corrected chi connectivity index (χ2v) is 14.7. The fourth-order valence-corrected chi connectivity index (χ4v) is 6.16. The third-order valence-corrected chi connectivity index (χ3v) is 9.10. The van der Waals surface area contributed by atoms with Crippen molar-refractivity contribution in [2.45, 2.75) is 22.6 Å². The van der Waals surface area contributed by atoms with Crippen LogP contribution in [0.1, 0.15) is 11.1 Å². The number of rotatable bonds is 14. The molecule has 0 spiro atoms. The summed E-state index contributed by atoms with van der Waals surface area (Å²) in [6.07, 6.45) is 0.0617. The van der Waals surface area contributed by atoms with Crippen LogP contribution in [0.25, 0.3) is 10.8 Å². The number of anilines is 1. The van der Waals surface area contributed by atoms with Gasteiger partial charge in [0.15, 0.2) is 0 Å². The summed E-state index contributed by atoms with van der Waals surface area (Å²) >= 11 is 0. The van der Waals surface area contributed by atoms with Crippen LogP contribution in [0, 0.1) is 0 Å². The third-order valence-electron chi connectivity index (χ3n) is 6.48. The Morgan fingerprint density at radius 1 is 0.611 bits per heavy atom. The van der Waals surface area contributed by atoms with Crippen molar-refractivity contribution in [2.24, 2.45) is 20.5 Å². The number of fused-ring (bicyclic) bond motifs is 1. The van der Waals surface area contributed by atoms with Gasteiger partial charge in [-0.25, -0.2) is 29.4 Å².